The van der Waals surface area contributed by atoms with Gasteiger partial charge >= 0.3 is 0 Å². The van der Waals surface area contributed by atoms with E-state index in [9.17, 15) is 0 Å². The van der Waals surface area contributed by atoms with E-state index in [0.29, 0.717) is 28.1 Å². The molecule has 0 N–H and O–H groups in total. The number of benzene rings is 1. The summed E-state index contributed by atoms with van der Waals surface area (Å²) in [5, 5.41) is 13.2. The van der Waals surface area contributed by atoms with Crippen LogP contribution >= 0.6 is 11.6 Å². The highest BCUT2D eigenvalue weighted by Crippen LogP contribution is 2.25. The normalized spacial score (nSPS) is 10.2. The first-order chi connectivity index (χ1) is 9.24. The second-order valence-corrected chi connectivity index (χ2v) is 4.27. The standard InChI is InChI=1S/C13H12ClN3O2/c1-2-4-12-16-13(19-17-12)8-18-11-6-3-5-10(14)9(11)7-15/h3,5-6H,2,4,8H2,1H3. The van der Waals surface area contributed by atoms with Crippen molar-refractivity contribution in [3.8, 4) is 11.8 Å². The summed E-state index contributed by atoms with van der Waals surface area (Å²) in [7, 11) is 0. The molecule has 0 amide bonds. The van der Waals surface area contributed by atoms with Crippen molar-refractivity contribution in [2.45, 2.75) is 26.4 Å². The van der Waals surface area contributed by atoms with E-state index in [4.69, 9.17) is 26.1 Å². The van der Waals surface area contributed by atoms with Gasteiger partial charge in [0, 0.05) is 6.42 Å². The summed E-state index contributed by atoms with van der Waals surface area (Å²) < 4.78 is 10.5. The van der Waals surface area contributed by atoms with Crippen molar-refractivity contribution >= 4 is 11.6 Å². The molecule has 0 atom stereocenters. The molecule has 1 aromatic carbocycles. The first-order valence-electron chi connectivity index (χ1n) is 5.87. The van der Waals surface area contributed by atoms with E-state index < -0.39 is 0 Å². The molecule has 0 fully saturated rings. The SMILES string of the molecule is CCCc1noc(COc2cccc(Cl)c2C#N)n1. The molecular formula is C13H12ClN3O2. The van der Waals surface area contributed by atoms with E-state index in [1.54, 1.807) is 18.2 Å². The number of halogens is 1. The smallest absolute Gasteiger partial charge is 0.264 e. The molecule has 1 heterocycles. The average Bonchev–Trinajstić information content (AvgIpc) is 2.84. The number of ether oxygens (including phenoxy) is 1. The molecule has 0 saturated heterocycles. The fraction of sp³-hybridized carbons (Fsp3) is 0.308. The van der Waals surface area contributed by atoms with Crippen LogP contribution in [0.15, 0.2) is 22.7 Å². The molecule has 0 aliphatic carbocycles. The molecule has 19 heavy (non-hydrogen) atoms. The van der Waals surface area contributed by atoms with Gasteiger partial charge in [-0.2, -0.15) is 10.2 Å². The highest BCUT2D eigenvalue weighted by atomic mass is 35.5. The lowest BCUT2D eigenvalue weighted by atomic mass is 10.2. The van der Waals surface area contributed by atoms with Gasteiger partial charge in [-0.3, -0.25) is 0 Å². The quantitative estimate of drug-likeness (QED) is 0.839. The Morgan fingerprint density at radius 3 is 3.05 bits per heavy atom. The van der Waals surface area contributed by atoms with Crippen molar-refractivity contribution in [3.05, 3.63) is 40.5 Å². The number of hydrogen-bond donors (Lipinski definition) is 0. The van der Waals surface area contributed by atoms with Crippen LogP contribution in [-0.2, 0) is 13.0 Å². The van der Waals surface area contributed by atoms with Gasteiger partial charge in [0.05, 0.1) is 5.02 Å². The Morgan fingerprint density at radius 1 is 1.47 bits per heavy atom. The molecular weight excluding hydrogens is 266 g/mol. The Labute approximate surface area is 115 Å². The zero-order chi connectivity index (χ0) is 13.7. The molecule has 98 valence electrons. The summed E-state index contributed by atoms with van der Waals surface area (Å²) in [6, 6.07) is 7.03. The first-order valence-corrected chi connectivity index (χ1v) is 6.25. The molecule has 2 rings (SSSR count). The molecule has 0 spiro atoms. The summed E-state index contributed by atoms with van der Waals surface area (Å²) in [4.78, 5) is 4.17. The third-order valence-corrected chi connectivity index (χ3v) is 2.74. The molecule has 0 bridgehead atoms. The Morgan fingerprint density at radius 2 is 2.32 bits per heavy atom. The van der Waals surface area contributed by atoms with Crippen molar-refractivity contribution in [1.82, 2.24) is 10.1 Å². The number of rotatable bonds is 5. The van der Waals surface area contributed by atoms with Crippen LogP contribution in [0.4, 0.5) is 0 Å². The van der Waals surface area contributed by atoms with Crippen LogP contribution < -0.4 is 4.74 Å². The summed E-state index contributed by atoms with van der Waals surface area (Å²) in [5.74, 6) is 1.45. The van der Waals surface area contributed by atoms with Gasteiger partial charge in [-0.1, -0.05) is 29.7 Å². The second-order valence-electron chi connectivity index (χ2n) is 3.87. The number of hydrogen-bond acceptors (Lipinski definition) is 5. The maximum Gasteiger partial charge on any atom is 0.264 e. The van der Waals surface area contributed by atoms with Crippen molar-refractivity contribution in [2.24, 2.45) is 0 Å². The molecule has 0 radical (unpaired) electrons. The number of aryl methyl sites for hydroxylation is 1. The third kappa shape index (κ3) is 3.24. The van der Waals surface area contributed by atoms with Gasteiger partial charge < -0.3 is 9.26 Å². The van der Waals surface area contributed by atoms with E-state index in [1.165, 1.54) is 0 Å². The predicted octanol–water partition coefficient (Wildman–Crippen LogP) is 3.13. The minimum atomic E-state index is 0.117. The highest BCUT2D eigenvalue weighted by Gasteiger charge is 2.10. The summed E-state index contributed by atoms with van der Waals surface area (Å²) in [5.41, 5.74) is 0.303. The minimum Gasteiger partial charge on any atom is -0.482 e. The van der Waals surface area contributed by atoms with Crippen LogP contribution in [0, 0.1) is 11.3 Å². The Hall–Kier alpha value is -2.06. The van der Waals surface area contributed by atoms with Gasteiger partial charge in [-0.05, 0) is 18.6 Å². The van der Waals surface area contributed by atoms with Gasteiger partial charge in [0.1, 0.15) is 17.4 Å². The maximum absolute atomic E-state index is 9.00. The minimum absolute atomic E-state index is 0.117. The lowest BCUT2D eigenvalue weighted by Gasteiger charge is -2.05. The fourth-order valence-electron chi connectivity index (χ4n) is 1.55. The van der Waals surface area contributed by atoms with E-state index in [0.717, 1.165) is 12.8 Å². The van der Waals surface area contributed by atoms with Gasteiger partial charge in [0.25, 0.3) is 5.89 Å². The Bertz CT molecular complexity index is 604. The molecule has 1 aromatic heterocycles. The highest BCUT2D eigenvalue weighted by molar-refractivity contribution is 6.31. The van der Waals surface area contributed by atoms with E-state index in [1.807, 2.05) is 13.0 Å². The van der Waals surface area contributed by atoms with Crippen molar-refractivity contribution in [3.63, 3.8) is 0 Å². The Balaban J connectivity index is 2.06. The third-order valence-electron chi connectivity index (χ3n) is 2.42. The molecule has 2 aromatic rings. The van der Waals surface area contributed by atoms with Crippen molar-refractivity contribution in [1.29, 1.82) is 5.26 Å². The van der Waals surface area contributed by atoms with Gasteiger partial charge in [0.15, 0.2) is 12.4 Å². The molecule has 0 unspecified atom stereocenters. The van der Waals surface area contributed by atoms with Crippen LogP contribution in [0.25, 0.3) is 0 Å². The number of nitrogens with zero attached hydrogens (tertiary/aromatic N) is 3. The van der Waals surface area contributed by atoms with E-state index in [-0.39, 0.29) is 6.61 Å². The average molecular weight is 278 g/mol. The first kappa shape index (κ1) is 13.4. The van der Waals surface area contributed by atoms with Crippen LogP contribution in [0.2, 0.25) is 5.02 Å². The van der Waals surface area contributed by atoms with Crippen molar-refractivity contribution in [2.75, 3.05) is 0 Å². The number of aromatic nitrogens is 2. The number of nitriles is 1. The van der Waals surface area contributed by atoms with Crippen molar-refractivity contribution < 1.29 is 9.26 Å². The lowest BCUT2D eigenvalue weighted by molar-refractivity contribution is 0.242. The molecule has 0 saturated carbocycles. The summed E-state index contributed by atoms with van der Waals surface area (Å²) >= 11 is 5.90. The largest absolute Gasteiger partial charge is 0.482 e. The van der Waals surface area contributed by atoms with Crippen LogP contribution in [0.3, 0.4) is 0 Å². The fourth-order valence-corrected chi connectivity index (χ4v) is 1.75. The monoisotopic (exact) mass is 277 g/mol. The van der Waals surface area contributed by atoms with Gasteiger partial charge in [-0.25, -0.2) is 0 Å². The Kier molecular flexibility index (Phi) is 4.37. The van der Waals surface area contributed by atoms with E-state index in [2.05, 4.69) is 10.1 Å². The predicted molar refractivity (Wildman–Crippen MR) is 68.8 cm³/mol. The molecule has 0 aliphatic heterocycles. The molecule has 6 heteroatoms. The topological polar surface area (TPSA) is 71.9 Å². The van der Waals surface area contributed by atoms with Gasteiger partial charge in [-0.15, -0.1) is 0 Å². The maximum atomic E-state index is 9.00. The van der Waals surface area contributed by atoms with Crippen LogP contribution in [0.1, 0.15) is 30.6 Å². The van der Waals surface area contributed by atoms with Crippen LogP contribution in [0.5, 0.6) is 5.75 Å². The van der Waals surface area contributed by atoms with Gasteiger partial charge in [0.2, 0.25) is 0 Å². The van der Waals surface area contributed by atoms with Crippen LogP contribution in [-0.4, -0.2) is 10.1 Å². The molecule has 0 aliphatic rings. The lowest BCUT2D eigenvalue weighted by Crippen LogP contribution is -1.98. The second kappa shape index (κ2) is 6.21. The zero-order valence-corrected chi connectivity index (χ0v) is 11.1. The van der Waals surface area contributed by atoms with E-state index >= 15 is 0 Å². The zero-order valence-electron chi connectivity index (χ0n) is 10.4. The summed E-state index contributed by atoms with van der Waals surface area (Å²) in [6.45, 7) is 2.16. The molecule has 5 nitrogen and oxygen atoms in total. The summed E-state index contributed by atoms with van der Waals surface area (Å²) in [6.07, 6.45) is 1.72.